The van der Waals surface area contributed by atoms with Crippen LogP contribution in [0.25, 0.3) is 0 Å². The number of amides is 2. The van der Waals surface area contributed by atoms with Gasteiger partial charge in [0.1, 0.15) is 24.1 Å². The number of Topliss-reactive ketones (excluding diaryl/α,β-unsaturated/α-hetero) is 1. The number of hydrogen-bond donors (Lipinski definition) is 2. The number of ether oxygens (including phenoxy) is 6. The van der Waals surface area contributed by atoms with E-state index in [0.717, 1.165) is 0 Å². The fraction of sp³-hybridized carbons (Fsp3) is 0.773. The molecule has 16 heteroatoms. The quantitative estimate of drug-likeness (QED) is 0.210. The Bertz CT molecular complexity index is 1750. The Morgan fingerprint density at radius 2 is 1.70 bits per heavy atom. The average Bonchev–Trinajstić information content (AvgIpc) is 3.68. The van der Waals surface area contributed by atoms with Crippen molar-refractivity contribution in [3.8, 4) is 0 Å². The number of cyclic esters (lactones) is 1. The first kappa shape index (κ1) is 48.3. The lowest BCUT2D eigenvalue weighted by atomic mass is 9.73. The molecule has 2 N–H and O–H groups in total. The van der Waals surface area contributed by atoms with E-state index in [9.17, 15) is 24.3 Å². The molecule has 14 nitrogen and oxygen atoms in total. The third-order valence-corrected chi connectivity index (χ3v) is 14.5. The highest BCUT2D eigenvalue weighted by Gasteiger charge is 2.58. The highest BCUT2D eigenvalue weighted by Crippen LogP contribution is 2.47. The summed E-state index contributed by atoms with van der Waals surface area (Å²) in [5.74, 6) is -4.29. The van der Waals surface area contributed by atoms with Crippen molar-refractivity contribution < 1.29 is 52.7 Å². The zero-order valence-corrected chi connectivity index (χ0v) is 39.0. The summed E-state index contributed by atoms with van der Waals surface area (Å²) in [5, 5.41) is 15.2. The molecule has 4 fully saturated rings. The van der Waals surface area contributed by atoms with Crippen molar-refractivity contribution in [3.63, 3.8) is 0 Å². The number of aliphatic hydroxyl groups is 1. The normalized spacial score (nSPS) is 40.3. The summed E-state index contributed by atoms with van der Waals surface area (Å²) in [6.07, 6.45) is -5.76. The number of methoxy groups -OCH3 is 1. The number of carbonyl (C=O) groups is 4. The number of nitrogens with one attached hydrogen (secondary N) is 1. The SMILES string of the molecule is CC[C@H]1OC(=O)[C@H](C)[C@@H](OC(=O)N2CC(C)(C)C[C@@H]2c2cccc(Cl)c2Cl)[C@H](C)[C@@H](O[C@@H]2O[C@H](C)C[C@H](N(C)C)[C@H]2O)[C@](C)(OC)C[C@@H](C)C(=O)[C@H](C)[C@H]2NC(=O)O[C@@]21C. The van der Waals surface area contributed by atoms with Gasteiger partial charge in [-0.3, -0.25) is 9.59 Å². The molecule has 4 aliphatic heterocycles. The summed E-state index contributed by atoms with van der Waals surface area (Å²) in [6.45, 7) is 18.5. The van der Waals surface area contributed by atoms with Gasteiger partial charge in [-0.05, 0) is 84.5 Å². The molecule has 0 saturated carbocycles. The van der Waals surface area contributed by atoms with Gasteiger partial charge in [0.05, 0.1) is 45.9 Å². The first-order chi connectivity index (χ1) is 27.9. The van der Waals surface area contributed by atoms with E-state index in [1.807, 2.05) is 45.8 Å². The maximum atomic E-state index is 14.8. The Kier molecular flexibility index (Phi) is 14.9. The number of likely N-dealkylation sites (N-methyl/N-ethyl adjacent to an activating group) is 1. The fourth-order valence-corrected chi connectivity index (χ4v) is 10.7. The third kappa shape index (κ3) is 9.60. The van der Waals surface area contributed by atoms with Gasteiger partial charge >= 0.3 is 18.2 Å². The standard InChI is InChI=1S/C44H67Cl2N3O11/c1-14-31-44(10)36(47-40(53)60-44)24(4)33(50)22(2)19-43(9,55-13)37(59-39-34(51)29(48(11)12)18-23(3)56-39)25(5)35(26(6)38(52)57-31)58-41(54)49-21-42(7,8)20-30(49)27-16-15-17-28(45)32(27)46/h15-17,22-26,29-31,34-37,39,51H,14,18-21H2,1-13H3,(H,47,53)/t22-,23-,24+,25+,26-,29+,30-,31-,34-,35+,36-,37-,39+,43-,44-/m1/s1. The lowest BCUT2D eigenvalue weighted by molar-refractivity contribution is -0.301. The van der Waals surface area contributed by atoms with Crippen LogP contribution in [-0.4, -0.2) is 127 Å². The van der Waals surface area contributed by atoms with Gasteiger partial charge in [-0.2, -0.15) is 0 Å². The number of hydrogen-bond acceptors (Lipinski definition) is 12. The second-order valence-corrected chi connectivity index (χ2v) is 19.9. The molecule has 0 unspecified atom stereocenters. The Labute approximate surface area is 365 Å². The topological polar surface area (TPSA) is 162 Å². The molecule has 0 spiro atoms. The number of benzene rings is 1. The van der Waals surface area contributed by atoms with E-state index >= 15 is 0 Å². The van der Waals surface area contributed by atoms with Gasteiger partial charge in [-0.25, -0.2) is 9.59 Å². The Hall–Kier alpha value is -2.72. The van der Waals surface area contributed by atoms with E-state index in [2.05, 4.69) is 5.32 Å². The first-order valence-corrected chi connectivity index (χ1v) is 22.0. The van der Waals surface area contributed by atoms with Crippen molar-refractivity contribution >= 4 is 47.1 Å². The maximum absolute atomic E-state index is 14.8. The monoisotopic (exact) mass is 883 g/mol. The van der Waals surface area contributed by atoms with Crippen LogP contribution in [0.15, 0.2) is 18.2 Å². The lowest BCUT2D eigenvalue weighted by Gasteiger charge is -2.48. The van der Waals surface area contributed by atoms with Crippen molar-refractivity contribution in [2.45, 2.75) is 161 Å². The summed E-state index contributed by atoms with van der Waals surface area (Å²) in [5.41, 5.74) is -2.38. The molecule has 1 aromatic rings. The van der Waals surface area contributed by atoms with Gasteiger partial charge in [0.15, 0.2) is 11.9 Å². The molecule has 5 rings (SSSR count). The number of likely N-dealkylation sites (tertiary alicyclic amines) is 1. The number of ketones is 1. The number of fused-ring (bicyclic) bond motifs is 1. The molecule has 4 heterocycles. The summed E-state index contributed by atoms with van der Waals surface area (Å²) in [4.78, 5) is 60.3. The van der Waals surface area contributed by atoms with Crippen LogP contribution in [-0.2, 0) is 38.0 Å². The van der Waals surface area contributed by atoms with Crippen LogP contribution in [0.3, 0.4) is 0 Å². The van der Waals surface area contributed by atoms with Crippen LogP contribution in [0.1, 0.15) is 107 Å². The van der Waals surface area contributed by atoms with Crippen LogP contribution in [0, 0.1) is 29.1 Å². The molecule has 4 saturated heterocycles. The molecule has 60 heavy (non-hydrogen) atoms. The number of rotatable bonds is 7. The Morgan fingerprint density at radius 3 is 2.32 bits per heavy atom. The lowest BCUT2D eigenvalue weighted by Crippen LogP contribution is -2.61. The zero-order valence-electron chi connectivity index (χ0n) is 37.5. The molecule has 0 bridgehead atoms. The van der Waals surface area contributed by atoms with Crippen molar-refractivity contribution in [1.82, 2.24) is 15.1 Å². The predicted molar refractivity (Wildman–Crippen MR) is 226 cm³/mol. The molecular formula is C44H67Cl2N3O11. The van der Waals surface area contributed by atoms with Crippen LogP contribution in [0.4, 0.5) is 9.59 Å². The van der Waals surface area contributed by atoms with Gasteiger partial charge < -0.3 is 48.6 Å². The minimum Gasteiger partial charge on any atom is -0.458 e. The molecule has 15 atom stereocenters. The van der Waals surface area contributed by atoms with Crippen molar-refractivity contribution in [2.24, 2.45) is 29.1 Å². The second kappa shape index (κ2) is 18.6. The fourth-order valence-electron chi connectivity index (χ4n) is 10.2. The highest BCUT2D eigenvalue weighted by atomic mass is 35.5. The van der Waals surface area contributed by atoms with E-state index in [1.165, 1.54) is 7.11 Å². The minimum atomic E-state index is -1.41. The predicted octanol–water partition coefficient (Wildman–Crippen LogP) is 7.19. The minimum absolute atomic E-state index is 0.113. The van der Waals surface area contributed by atoms with Crippen molar-refractivity contribution in [3.05, 3.63) is 33.8 Å². The summed E-state index contributed by atoms with van der Waals surface area (Å²) in [6, 6.07) is 3.65. The van der Waals surface area contributed by atoms with Gasteiger partial charge in [-0.15, -0.1) is 0 Å². The maximum Gasteiger partial charge on any atom is 0.410 e. The zero-order chi connectivity index (χ0) is 44.8. The van der Waals surface area contributed by atoms with E-state index < -0.39 is 95.8 Å². The Balaban J connectivity index is 1.64. The molecule has 2 amide bonds. The summed E-state index contributed by atoms with van der Waals surface area (Å²) < 4.78 is 38.2. The van der Waals surface area contributed by atoms with Crippen LogP contribution >= 0.6 is 23.2 Å². The average molecular weight is 885 g/mol. The number of esters is 1. The van der Waals surface area contributed by atoms with E-state index in [4.69, 9.17) is 51.6 Å². The Morgan fingerprint density at radius 1 is 1.03 bits per heavy atom. The highest BCUT2D eigenvalue weighted by molar-refractivity contribution is 6.42. The molecule has 4 aliphatic rings. The number of nitrogens with zero attached hydrogens (tertiary/aromatic N) is 2. The number of halogens is 2. The molecule has 0 aliphatic carbocycles. The van der Waals surface area contributed by atoms with Crippen LogP contribution < -0.4 is 5.32 Å². The molecule has 0 aromatic heterocycles. The molecular weight excluding hydrogens is 817 g/mol. The molecule has 1 aromatic carbocycles. The first-order valence-electron chi connectivity index (χ1n) is 21.2. The van der Waals surface area contributed by atoms with Crippen molar-refractivity contribution in [1.29, 1.82) is 0 Å². The third-order valence-electron chi connectivity index (χ3n) is 13.6. The van der Waals surface area contributed by atoms with Gasteiger partial charge in [0, 0.05) is 37.5 Å². The van der Waals surface area contributed by atoms with E-state index in [1.54, 1.807) is 65.5 Å². The number of aliphatic hydroxyl groups excluding tert-OH is 1. The van der Waals surface area contributed by atoms with Crippen molar-refractivity contribution in [2.75, 3.05) is 27.7 Å². The van der Waals surface area contributed by atoms with Crippen LogP contribution in [0.2, 0.25) is 10.0 Å². The van der Waals surface area contributed by atoms with Gasteiger partial charge in [-0.1, -0.05) is 76.9 Å². The van der Waals surface area contributed by atoms with E-state index in [-0.39, 0.29) is 36.2 Å². The molecule has 0 radical (unpaired) electrons. The smallest absolute Gasteiger partial charge is 0.410 e. The number of alkyl carbamates (subject to hydrolysis) is 1. The largest absolute Gasteiger partial charge is 0.458 e. The number of carbonyl (C=O) groups excluding carboxylic acids is 4. The van der Waals surface area contributed by atoms with E-state index in [0.29, 0.717) is 35.0 Å². The van der Waals surface area contributed by atoms with Crippen LogP contribution in [0.5, 0.6) is 0 Å². The van der Waals surface area contributed by atoms with Gasteiger partial charge in [0.25, 0.3) is 0 Å². The summed E-state index contributed by atoms with van der Waals surface area (Å²) >= 11 is 13.2. The second-order valence-electron chi connectivity index (χ2n) is 19.1. The van der Waals surface area contributed by atoms with Gasteiger partial charge in [0.2, 0.25) is 0 Å². The summed E-state index contributed by atoms with van der Waals surface area (Å²) in [7, 11) is 5.26. The molecule has 338 valence electrons.